The van der Waals surface area contributed by atoms with Crippen LogP contribution in [0, 0.1) is 0 Å². The number of hydrogen-bond donors (Lipinski definition) is 1. The molecule has 28 heavy (non-hydrogen) atoms. The van der Waals surface area contributed by atoms with Gasteiger partial charge in [-0.05, 0) is 37.5 Å². The molecule has 0 saturated heterocycles. The molecule has 0 bridgehead atoms. The van der Waals surface area contributed by atoms with E-state index in [0.29, 0.717) is 5.75 Å². The molecule has 0 aliphatic heterocycles. The highest BCUT2D eigenvalue weighted by Crippen LogP contribution is 2.16. The molecule has 1 rings (SSSR count). The van der Waals surface area contributed by atoms with Crippen LogP contribution in [0.4, 0.5) is 0 Å². The molecule has 1 unspecified atom stereocenters. The van der Waals surface area contributed by atoms with E-state index in [1.54, 1.807) is 12.1 Å². The molecule has 0 aliphatic rings. The summed E-state index contributed by atoms with van der Waals surface area (Å²) in [6, 6.07) is 7.13. The van der Waals surface area contributed by atoms with Crippen molar-refractivity contribution in [2.45, 2.75) is 90.6 Å². The van der Waals surface area contributed by atoms with E-state index < -0.39 is 22.5 Å². The fraction of sp³-hybridized carbons (Fsp3) is 0.667. The Kier molecular flexibility index (Phi) is 12.0. The largest absolute Gasteiger partial charge is 0.425 e. The summed E-state index contributed by atoms with van der Waals surface area (Å²) in [5.41, 5.74) is 1.17. The van der Waals surface area contributed by atoms with Gasteiger partial charge in [0.05, 0.1) is 0 Å². The highest BCUT2D eigenvalue weighted by molar-refractivity contribution is 7.80. The number of esters is 1. The first kappa shape index (κ1) is 24.6. The molecule has 7 heteroatoms. The average Bonchev–Trinajstić information content (AvgIpc) is 2.63. The zero-order valence-electron chi connectivity index (χ0n) is 17.1. The van der Waals surface area contributed by atoms with E-state index in [4.69, 9.17) is 9.29 Å². The molecule has 1 atom stereocenters. The van der Waals surface area contributed by atoms with E-state index in [9.17, 15) is 13.2 Å². The predicted molar refractivity (Wildman–Crippen MR) is 110 cm³/mol. The summed E-state index contributed by atoms with van der Waals surface area (Å²) in [4.78, 5) is 11.7. The molecule has 0 amide bonds. The number of hydrogen-bond acceptors (Lipinski definition) is 5. The van der Waals surface area contributed by atoms with Gasteiger partial charge < -0.3 is 4.74 Å². The lowest BCUT2D eigenvalue weighted by atomic mass is 10.0. The van der Waals surface area contributed by atoms with Gasteiger partial charge in [-0.3, -0.25) is 4.55 Å². The third kappa shape index (κ3) is 12.1. The summed E-state index contributed by atoms with van der Waals surface area (Å²) in [6.07, 6.45) is 12.6. The maximum atomic E-state index is 11.7. The molecule has 0 aliphatic carbocycles. The van der Waals surface area contributed by atoms with Gasteiger partial charge in [0.2, 0.25) is 0 Å². The first-order valence-corrected chi connectivity index (χ1v) is 11.6. The van der Waals surface area contributed by atoms with Crippen molar-refractivity contribution in [1.29, 1.82) is 0 Å². The number of ether oxygens (including phenoxy) is 1. The van der Waals surface area contributed by atoms with Crippen molar-refractivity contribution in [2.24, 2.45) is 0 Å². The monoisotopic (exact) mass is 414 g/mol. The van der Waals surface area contributed by atoms with Crippen molar-refractivity contribution < 1.29 is 26.7 Å². The fourth-order valence-corrected chi connectivity index (χ4v) is 3.40. The zero-order chi connectivity index (χ0) is 20.8. The minimum absolute atomic E-state index is 0.308. The highest BCUT2D eigenvalue weighted by atomic mass is 32.3. The Hall–Kier alpha value is -1.44. The molecule has 160 valence electrons. The van der Waals surface area contributed by atoms with Crippen molar-refractivity contribution in [3.63, 3.8) is 0 Å². The number of aryl methyl sites for hydroxylation is 1. The maximum Gasteiger partial charge on any atom is 0.398 e. The Morgan fingerprint density at radius 3 is 1.93 bits per heavy atom. The third-order valence-electron chi connectivity index (χ3n) is 4.56. The van der Waals surface area contributed by atoms with Crippen molar-refractivity contribution in [1.82, 2.24) is 0 Å². The molecule has 0 saturated carbocycles. The predicted octanol–water partition coefficient (Wildman–Crippen LogP) is 5.26. The van der Waals surface area contributed by atoms with Gasteiger partial charge in [-0.25, -0.2) is 8.98 Å². The van der Waals surface area contributed by atoms with Crippen LogP contribution in [-0.4, -0.2) is 25.0 Å². The molecule has 1 aromatic rings. The topological polar surface area (TPSA) is 89.9 Å². The van der Waals surface area contributed by atoms with Crippen LogP contribution < -0.4 is 4.74 Å². The maximum absolute atomic E-state index is 11.7. The van der Waals surface area contributed by atoms with Crippen LogP contribution in [0.25, 0.3) is 0 Å². The standard InChI is InChI=1S/C21H34O6S/c1-3-4-5-6-7-8-9-10-11-12-13-19-14-16-20(17-15-19)26-21(22)18(2)27-28(23,24)25/h14-18H,3-13H2,1-2H3,(H,23,24,25). The number of benzene rings is 1. The summed E-state index contributed by atoms with van der Waals surface area (Å²) < 4.78 is 39.0. The molecule has 6 nitrogen and oxygen atoms in total. The smallest absolute Gasteiger partial charge is 0.398 e. The summed E-state index contributed by atoms with van der Waals surface area (Å²) in [5.74, 6) is -0.581. The second kappa shape index (κ2) is 13.7. The summed E-state index contributed by atoms with van der Waals surface area (Å²) in [5, 5.41) is 0. The Balaban J connectivity index is 2.18. The molecule has 1 aromatic carbocycles. The van der Waals surface area contributed by atoms with Gasteiger partial charge in [0.15, 0.2) is 6.10 Å². The van der Waals surface area contributed by atoms with Crippen molar-refractivity contribution in [3.05, 3.63) is 29.8 Å². The second-order valence-corrected chi connectivity index (χ2v) is 8.21. The molecule has 1 N–H and O–H groups in total. The molecular weight excluding hydrogens is 380 g/mol. The van der Waals surface area contributed by atoms with Gasteiger partial charge in [0.1, 0.15) is 5.75 Å². The van der Waals surface area contributed by atoms with Crippen LogP contribution in [0.15, 0.2) is 24.3 Å². The molecule has 0 aromatic heterocycles. The number of carbonyl (C=O) groups excluding carboxylic acids is 1. The summed E-state index contributed by atoms with van der Waals surface area (Å²) in [6.45, 7) is 3.43. The minimum atomic E-state index is -4.69. The van der Waals surface area contributed by atoms with E-state index >= 15 is 0 Å². The SMILES string of the molecule is CCCCCCCCCCCCc1ccc(OC(=O)C(C)OS(=O)(=O)O)cc1. The van der Waals surface area contributed by atoms with Gasteiger partial charge in [0, 0.05) is 0 Å². The molecule has 0 fully saturated rings. The Morgan fingerprint density at radius 2 is 1.43 bits per heavy atom. The van der Waals surface area contributed by atoms with Gasteiger partial charge in [-0.15, -0.1) is 0 Å². The van der Waals surface area contributed by atoms with E-state index in [1.165, 1.54) is 70.3 Å². The molecular formula is C21H34O6S. The van der Waals surface area contributed by atoms with Gasteiger partial charge in [-0.2, -0.15) is 8.42 Å². The van der Waals surface area contributed by atoms with E-state index in [-0.39, 0.29) is 0 Å². The van der Waals surface area contributed by atoms with Crippen molar-refractivity contribution >= 4 is 16.4 Å². The number of carbonyl (C=O) groups is 1. The third-order valence-corrected chi connectivity index (χ3v) is 5.09. The first-order chi connectivity index (χ1) is 13.3. The Labute approximate surface area is 169 Å². The van der Waals surface area contributed by atoms with Crippen LogP contribution in [0.5, 0.6) is 5.75 Å². The fourth-order valence-electron chi connectivity index (χ4n) is 2.96. The van der Waals surface area contributed by atoms with E-state index in [1.807, 2.05) is 12.1 Å². The lowest BCUT2D eigenvalue weighted by Crippen LogP contribution is -2.28. The highest BCUT2D eigenvalue weighted by Gasteiger charge is 2.22. The van der Waals surface area contributed by atoms with Gasteiger partial charge in [-0.1, -0.05) is 76.8 Å². The number of rotatable bonds is 15. The van der Waals surface area contributed by atoms with Gasteiger partial charge in [0.25, 0.3) is 0 Å². The molecule has 0 spiro atoms. The lowest BCUT2D eigenvalue weighted by Gasteiger charge is -2.10. The van der Waals surface area contributed by atoms with Crippen LogP contribution in [-0.2, 0) is 25.8 Å². The van der Waals surface area contributed by atoms with Crippen LogP contribution in [0.2, 0.25) is 0 Å². The lowest BCUT2D eigenvalue weighted by molar-refractivity contribution is -0.141. The van der Waals surface area contributed by atoms with Crippen LogP contribution in [0.1, 0.15) is 83.6 Å². The summed E-state index contributed by atoms with van der Waals surface area (Å²) >= 11 is 0. The van der Waals surface area contributed by atoms with Crippen LogP contribution >= 0.6 is 0 Å². The second-order valence-electron chi connectivity index (χ2n) is 7.16. The zero-order valence-corrected chi connectivity index (χ0v) is 17.9. The first-order valence-electron chi connectivity index (χ1n) is 10.3. The van der Waals surface area contributed by atoms with E-state index in [2.05, 4.69) is 11.1 Å². The molecule has 0 heterocycles. The average molecular weight is 415 g/mol. The van der Waals surface area contributed by atoms with Crippen molar-refractivity contribution in [2.75, 3.05) is 0 Å². The van der Waals surface area contributed by atoms with Crippen LogP contribution in [0.3, 0.4) is 0 Å². The Bertz CT molecular complexity index is 654. The van der Waals surface area contributed by atoms with Crippen molar-refractivity contribution in [3.8, 4) is 5.75 Å². The van der Waals surface area contributed by atoms with Gasteiger partial charge >= 0.3 is 16.4 Å². The minimum Gasteiger partial charge on any atom is -0.425 e. The normalized spacial score (nSPS) is 12.7. The van der Waals surface area contributed by atoms with E-state index in [0.717, 1.165) is 12.8 Å². The molecule has 0 radical (unpaired) electrons. The Morgan fingerprint density at radius 1 is 0.929 bits per heavy atom. The summed E-state index contributed by atoms with van der Waals surface area (Å²) in [7, 11) is -4.69. The quantitative estimate of drug-likeness (QED) is 0.182. The number of unbranched alkanes of at least 4 members (excludes halogenated alkanes) is 9.